The lowest BCUT2D eigenvalue weighted by Crippen LogP contribution is -2.42. The Kier molecular flexibility index (Phi) is 7.20. The van der Waals surface area contributed by atoms with Gasteiger partial charge in [0.15, 0.2) is 0 Å². The molecule has 1 fully saturated rings. The molecule has 2 aromatic rings. The second-order valence-electron chi connectivity index (χ2n) is 7.99. The number of carbonyl (C=O) groups is 1. The van der Waals surface area contributed by atoms with Gasteiger partial charge in [-0.3, -0.25) is 4.79 Å². The van der Waals surface area contributed by atoms with Crippen molar-refractivity contribution in [2.45, 2.75) is 57.5 Å². The molecule has 1 N–H and O–H groups in total. The molecule has 0 saturated heterocycles. The lowest BCUT2D eigenvalue weighted by molar-refractivity contribution is -0.122. The Morgan fingerprint density at radius 2 is 1.83 bits per heavy atom. The van der Waals surface area contributed by atoms with E-state index >= 15 is 0 Å². The van der Waals surface area contributed by atoms with Crippen molar-refractivity contribution in [3.63, 3.8) is 0 Å². The van der Waals surface area contributed by atoms with Crippen LogP contribution in [0, 0.1) is 6.92 Å². The highest BCUT2D eigenvalue weighted by atomic mass is 35.5. The number of ether oxygens (including phenoxy) is 2. The Morgan fingerprint density at radius 3 is 2.45 bits per heavy atom. The van der Waals surface area contributed by atoms with Crippen LogP contribution < -0.4 is 10.1 Å². The van der Waals surface area contributed by atoms with Crippen molar-refractivity contribution in [2.24, 2.45) is 0 Å². The Balaban J connectivity index is 1.79. The number of aryl methyl sites for hydroxylation is 1. The number of nitrogens with one attached hydrogen (secondary N) is 1. The van der Waals surface area contributed by atoms with Crippen LogP contribution in [0.5, 0.6) is 5.75 Å². The highest BCUT2D eigenvalue weighted by molar-refractivity contribution is 6.32. The molecule has 0 aromatic heterocycles. The van der Waals surface area contributed by atoms with Crippen molar-refractivity contribution >= 4 is 23.2 Å². The Morgan fingerprint density at radius 1 is 1.14 bits per heavy atom. The summed E-state index contributed by atoms with van der Waals surface area (Å²) in [7, 11) is 1.63. The van der Waals surface area contributed by atoms with Crippen molar-refractivity contribution in [3.05, 3.63) is 58.6 Å². The number of methoxy groups -OCH3 is 1. The molecule has 1 aliphatic carbocycles. The van der Waals surface area contributed by atoms with E-state index in [9.17, 15) is 4.79 Å². The standard InChI is InChI=1S/C24H30ClNO3/c1-17-7-9-19(10-8-17)24(13-5-4-6-14-24)23(27)26-20-11-12-22(21(25)15-20)29-18(2)16-28-3/h7-12,15,18H,4-6,13-14,16H2,1-3H3,(H,26,27)/t18-/m0/s1. The molecule has 3 rings (SSSR count). The summed E-state index contributed by atoms with van der Waals surface area (Å²) in [5.41, 5.74) is 2.49. The zero-order valence-electron chi connectivity index (χ0n) is 17.5. The maximum Gasteiger partial charge on any atom is 0.235 e. The van der Waals surface area contributed by atoms with Gasteiger partial charge in [-0.15, -0.1) is 0 Å². The molecule has 5 heteroatoms. The molecule has 1 amide bonds. The average molecular weight is 416 g/mol. The van der Waals surface area contributed by atoms with Crippen molar-refractivity contribution in [1.29, 1.82) is 0 Å². The van der Waals surface area contributed by atoms with Crippen LogP contribution >= 0.6 is 11.6 Å². The normalized spacial score (nSPS) is 16.8. The first-order chi connectivity index (χ1) is 13.9. The maximum absolute atomic E-state index is 13.4. The summed E-state index contributed by atoms with van der Waals surface area (Å²) in [6.45, 7) is 4.47. The molecule has 0 bridgehead atoms. The SMILES string of the molecule is COC[C@H](C)Oc1ccc(NC(=O)C2(c3ccc(C)cc3)CCCCC2)cc1Cl. The number of carbonyl (C=O) groups excluding carboxylic acids is 1. The Hall–Kier alpha value is -2.04. The minimum absolute atomic E-state index is 0.0403. The first-order valence-electron chi connectivity index (χ1n) is 10.3. The van der Waals surface area contributed by atoms with Gasteiger partial charge in [-0.1, -0.05) is 60.7 Å². The van der Waals surface area contributed by atoms with Gasteiger partial charge in [-0.05, 0) is 50.5 Å². The summed E-state index contributed by atoms with van der Waals surface area (Å²) < 4.78 is 10.9. The molecule has 156 valence electrons. The number of hydrogen-bond donors (Lipinski definition) is 1. The number of hydrogen-bond acceptors (Lipinski definition) is 3. The van der Waals surface area contributed by atoms with Gasteiger partial charge in [0.25, 0.3) is 0 Å². The van der Waals surface area contributed by atoms with Crippen molar-refractivity contribution in [2.75, 3.05) is 19.0 Å². The fraction of sp³-hybridized carbons (Fsp3) is 0.458. The largest absolute Gasteiger partial charge is 0.487 e. The van der Waals surface area contributed by atoms with Gasteiger partial charge in [0.05, 0.1) is 17.0 Å². The van der Waals surface area contributed by atoms with Crippen molar-refractivity contribution < 1.29 is 14.3 Å². The quantitative estimate of drug-likeness (QED) is 0.612. The average Bonchev–Trinajstić information content (AvgIpc) is 2.71. The summed E-state index contributed by atoms with van der Waals surface area (Å²) in [6.07, 6.45) is 4.93. The molecule has 0 spiro atoms. The fourth-order valence-corrected chi connectivity index (χ4v) is 4.31. The summed E-state index contributed by atoms with van der Waals surface area (Å²) in [5, 5.41) is 3.58. The molecule has 4 nitrogen and oxygen atoms in total. The second kappa shape index (κ2) is 9.64. The van der Waals surface area contributed by atoms with Gasteiger partial charge in [-0.25, -0.2) is 0 Å². The second-order valence-corrected chi connectivity index (χ2v) is 8.40. The molecule has 0 heterocycles. The van der Waals surface area contributed by atoms with E-state index in [4.69, 9.17) is 21.1 Å². The third kappa shape index (κ3) is 5.12. The smallest absolute Gasteiger partial charge is 0.235 e. The monoisotopic (exact) mass is 415 g/mol. The van der Waals surface area contributed by atoms with Crippen LogP contribution in [0.15, 0.2) is 42.5 Å². The summed E-state index contributed by atoms with van der Waals surface area (Å²) in [6, 6.07) is 13.8. The van der Waals surface area contributed by atoms with E-state index < -0.39 is 5.41 Å². The van der Waals surface area contributed by atoms with Crippen LogP contribution in [0.2, 0.25) is 5.02 Å². The van der Waals surface area contributed by atoms with Crippen LogP contribution in [0.3, 0.4) is 0 Å². The third-order valence-corrected chi connectivity index (χ3v) is 5.96. The Bertz CT molecular complexity index is 829. The van der Waals surface area contributed by atoms with Gasteiger partial charge < -0.3 is 14.8 Å². The number of halogens is 1. The molecule has 0 aliphatic heterocycles. The van der Waals surface area contributed by atoms with E-state index in [1.807, 2.05) is 13.0 Å². The molecule has 0 radical (unpaired) electrons. The molecule has 29 heavy (non-hydrogen) atoms. The predicted octanol–water partition coefficient (Wildman–Crippen LogP) is 5.90. The molecule has 1 aliphatic rings. The number of rotatable bonds is 7. The van der Waals surface area contributed by atoms with Gasteiger partial charge in [0, 0.05) is 12.8 Å². The maximum atomic E-state index is 13.4. The summed E-state index contributed by atoms with van der Waals surface area (Å²) in [5.74, 6) is 0.624. The van der Waals surface area contributed by atoms with Crippen LogP contribution in [0.25, 0.3) is 0 Å². The zero-order valence-corrected chi connectivity index (χ0v) is 18.2. The first-order valence-corrected chi connectivity index (χ1v) is 10.7. The van der Waals surface area contributed by atoms with Gasteiger partial charge in [0.1, 0.15) is 11.9 Å². The number of amides is 1. The topological polar surface area (TPSA) is 47.6 Å². The van der Waals surface area contributed by atoms with Crippen LogP contribution in [-0.2, 0) is 14.9 Å². The summed E-state index contributed by atoms with van der Waals surface area (Å²) in [4.78, 5) is 13.4. The lowest BCUT2D eigenvalue weighted by Gasteiger charge is -2.36. The van der Waals surface area contributed by atoms with Crippen LogP contribution in [0.4, 0.5) is 5.69 Å². The van der Waals surface area contributed by atoms with Crippen molar-refractivity contribution in [3.8, 4) is 5.75 Å². The molecular formula is C24H30ClNO3. The number of benzene rings is 2. The van der Waals surface area contributed by atoms with Gasteiger partial charge in [-0.2, -0.15) is 0 Å². The molecule has 0 unspecified atom stereocenters. The van der Waals surface area contributed by atoms with Crippen molar-refractivity contribution in [1.82, 2.24) is 0 Å². The van der Waals surface area contributed by atoms with Crippen LogP contribution in [-0.4, -0.2) is 25.7 Å². The summed E-state index contributed by atoms with van der Waals surface area (Å²) >= 11 is 6.39. The third-order valence-electron chi connectivity index (χ3n) is 5.67. The molecule has 1 atom stereocenters. The minimum Gasteiger partial charge on any atom is -0.487 e. The highest BCUT2D eigenvalue weighted by Gasteiger charge is 2.41. The van der Waals surface area contributed by atoms with E-state index in [1.165, 1.54) is 12.0 Å². The highest BCUT2D eigenvalue weighted by Crippen LogP contribution is 2.41. The minimum atomic E-state index is -0.486. The lowest BCUT2D eigenvalue weighted by atomic mass is 9.68. The molecule has 2 aromatic carbocycles. The van der Waals surface area contributed by atoms with E-state index in [1.54, 1.807) is 19.2 Å². The zero-order chi connectivity index (χ0) is 20.9. The number of anilines is 1. The first kappa shape index (κ1) is 21.7. The van der Waals surface area contributed by atoms with E-state index in [-0.39, 0.29) is 12.0 Å². The molecular weight excluding hydrogens is 386 g/mol. The van der Waals surface area contributed by atoms with E-state index in [0.717, 1.165) is 31.2 Å². The van der Waals surface area contributed by atoms with Crippen LogP contribution in [0.1, 0.15) is 50.2 Å². The van der Waals surface area contributed by atoms with Gasteiger partial charge in [0.2, 0.25) is 5.91 Å². The predicted molar refractivity (Wildman–Crippen MR) is 118 cm³/mol. The Labute approximate surface area is 178 Å². The van der Waals surface area contributed by atoms with Gasteiger partial charge >= 0.3 is 0 Å². The van der Waals surface area contributed by atoms with E-state index in [0.29, 0.717) is 23.1 Å². The molecule has 1 saturated carbocycles. The fourth-order valence-electron chi connectivity index (χ4n) is 4.09. The van der Waals surface area contributed by atoms with E-state index in [2.05, 4.69) is 36.5 Å².